The summed E-state index contributed by atoms with van der Waals surface area (Å²) in [5, 5.41) is 25.7. The van der Waals surface area contributed by atoms with Gasteiger partial charge in [0.05, 0.1) is 5.10 Å². The highest BCUT2D eigenvalue weighted by atomic mass is 16.6. The summed E-state index contributed by atoms with van der Waals surface area (Å²) in [6.45, 7) is 1.11. The predicted octanol–water partition coefficient (Wildman–Crippen LogP) is 1.73. The first-order chi connectivity index (χ1) is 13.6. The Balaban J connectivity index is 1.69. The van der Waals surface area contributed by atoms with Crippen LogP contribution in [0, 0.1) is 10.1 Å². The molecule has 144 valence electrons. The first kappa shape index (κ1) is 17.6. The fraction of sp³-hybridized carbons (Fsp3) is 0.222. The third-order valence-corrected chi connectivity index (χ3v) is 4.19. The minimum absolute atomic E-state index is 0.226. The zero-order valence-electron chi connectivity index (χ0n) is 14.8. The molecule has 2 heterocycles. The predicted molar refractivity (Wildman–Crippen MR) is 97.0 cm³/mol. The van der Waals surface area contributed by atoms with E-state index >= 15 is 0 Å². The number of hydrogen-bond donors (Lipinski definition) is 1. The van der Waals surface area contributed by atoms with Gasteiger partial charge in [-0.2, -0.15) is 0 Å². The number of rotatable bonds is 5. The van der Waals surface area contributed by atoms with Crippen molar-refractivity contribution in [2.75, 3.05) is 19.8 Å². The fourth-order valence-corrected chi connectivity index (χ4v) is 2.87. The zero-order valence-corrected chi connectivity index (χ0v) is 14.8. The maximum atomic E-state index is 11.4. The molecule has 0 unspecified atom stereocenters. The molecule has 0 saturated heterocycles. The molecule has 0 atom stereocenters. The molecule has 10 heteroatoms. The van der Waals surface area contributed by atoms with E-state index in [4.69, 9.17) is 9.47 Å². The maximum absolute atomic E-state index is 11.4. The van der Waals surface area contributed by atoms with Gasteiger partial charge in [-0.25, -0.2) is 0 Å². The van der Waals surface area contributed by atoms with Gasteiger partial charge in [0, 0.05) is 12.6 Å². The number of benzene rings is 2. The van der Waals surface area contributed by atoms with Crippen LogP contribution in [0.15, 0.2) is 53.5 Å². The van der Waals surface area contributed by atoms with Crippen molar-refractivity contribution in [1.29, 1.82) is 0 Å². The lowest BCUT2D eigenvalue weighted by Gasteiger charge is -2.18. The number of aromatic nitrogens is 3. The second-order valence-electron chi connectivity index (χ2n) is 6.03. The largest absolute Gasteiger partial charge is 0.486 e. The number of hydrogen-bond acceptors (Lipinski definition) is 7. The smallest absolute Gasteiger partial charge is 0.438 e. The summed E-state index contributed by atoms with van der Waals surface area (Å²) in [7, 11) is 0. The van der Waals surface area contributed by atoms with Crippen LogP contribution in [-0.4, -0.2) is 44.6 Å². The lowest BCUT2D eigenvalue weighted by molar-refractivity contribution is -0.391. The first-order valence-electron chi connectivity index (χ1n) is 8.64. The van der Waals surface area contributed by atoms with E-state index in [1.54, 1.807) is 18.2 Å². The number of ether oxygens (including phenoxy) is 2. The van der Waals surface area contributed by atoms with Crippen molar-refractivity contribution in [3.63, 3.8) is 0 Å². The van der Waals surface area contributed by atoms with Crippen molar-refractivity contribution < 1.29 is 19.6 Å². The molecule has 4 rings (SSSR count). The van der Waals surface area contributed by atoms with E-state index in [0.717, 1.165) is 10.4 Å². The van der Waals surface area contributed by atoms with E-state index in [9.17, 15) is 15.3 Å². The van der Waals surface area contributed by atoms with Crippen LogP contribution >= 0.6 is 0 Å². The minimum Gasteiger partial charge on any atom is -0.486 e. The molecule has 28 heavy (non-hydrogen) atoms. The molecule has 10 nitrogen and oxygen atoms in total. The molecular formula is C18H17N5O5. The van der Waals surface area contributed by atoms with Crippen LogP contribution in [0.4, 0.5) is 5.82 Å². The van der Waals surface area contributed by atoms with Gasteiger partial charge in [-0.1, -0.05) is 35.2 Å². The lowest BCUT2D eigenvalue weighted by atomic mass is 10.2. The Kier molecular flexibility index (Phi) is 4.67. The quantitative estimate of drug-likeness (QED) is 0.407. The van der Waals surface area contributed by atoms with Crippen LogP contribution < -0.4 is 15.0 Å². The van der Waals surface area contributed by atoms with Crippen molar-refractivity contribution in [1.82, 2.24) is 14.7 Å². The first-order valence-corrected chi connectivity index (χ1v) is 8.64. The van der Waals surface area contributed by atoms with Gasteiger partial charge < -0.3 is 24.8 Å². The Hall–Kier alpha value is -3.82. The molecule has 1 aliphatic heterocycles. The summed E-state index contributed by atoms with van der Waals surface area (Å²) < 4.78 is 11.0. The third-order valence-electron chi connectivity index (χ3n) is 4.19. The highest BCUT2D eigenvalue weighted by Crippen LogP contribution is 2.31. The molecular weight excluding hydrogens is 366 g/mol. The van der Waals surface area contributed by atoms with Crippen LogP contribution in [0.1, 0.15) is 5.56 Å². The SMILES string of the molecule is O=[N+]([O-])c1nn(-c2ccc3c(c2)OCCO3)n(O)c1=NCCc1ccccc1. The van der Waals surface area contributed by atoms with Crippen molar-refractivity contribution in [2.24, 2.45) is 4.99 Å². The topological polar surface area (TPSA) is 117 Å². The van der Waals surface area contributed by atoms with Crippen molar-refractivity contribution in [2.45, 2.75) is 6.42 Å². The van der Waals surface area contributed by atoms with Crippen LogP contribution in [0.3, 0.4) is 0 Å². The molecule has 1 aliphatic rings. The molecule has 0 bridgehead atoms. The van der Waals surface area contributed by atoms with Crippen LogP contribution in [0.5, 0.6) is 11.5 Å². The van der Waals surface area contributed by atoms with E-state index < -0.39 is 10.7 Å². The molecule has 3 aromatic rings. The van der Waals surface area contributed by atoms with Gasteiger partial charge in [-0.3, -0.25) is 4.99 Å². The highest BCUT2D eigenvalue weighted by molar-refractivity contribution is 5.48. The van der Waals surface area contributed by atoms with E-state index in [-0.39, 0.29) is 12.0 Å². The second-order valence-corrected chi connectivity index (χ2v) is 6.03. The van der Waals surface area contributed by atoms with Crippen LogP contribution in [0.25, 0.3) is 5.69 Å². The van der Waals surface area contributed by atoms with Crippen molar-refractivity contribution in [3.8, 4) is 17.2 Å². The summed E-state index contributed by atoms with van der Waals surface area (Å²) in [5.41, 5.74) is 1.19. The lowest BCUT2D eigenvalue weighted by Crippen LogP contribution is -2.23. The fourth-order valence-electron chi connectivity index (χ4n) is 2.87. The second kappa shape index (κ2) is 7.43. The van der Waals surface area contributed by atoms with Crippen molar-refractivity contribution >= 4 is 5.82 Å². The molecule has 1 aromatic heterocycles. The average molecular weight is 383 g/mol. The average Bonchev–Trinajstić information content (AvgIpc) is 3.05. The molecule has 0 radical (unpaired) electrons. The molecule has 0 spiro atoms. The van der Waals surface area contributed by atoms with E-state index in [2.05, 4.69) is 10.1 Å². The Morgan fingerprint density at radius 1 is 1.14 bits per heavy atom. The van der Waals surface area contributed by atoms with E-state index in [1.165, 1.54) is 0 Å². The van der Waals surface area contributed by atoms with Gasteiger partial charge >= 0.3 is 5.82 Å². The van der Waals surface area contributed by atoms with Crippen molar-refractivity contribution in [3.05, 3.63) is 69.7 Å². The minimum atomic E-state index is -0.678. The number of fused-ring (bicyclic) bond motifs is 1. The molecule has 0 aliphatic carbocycles. The molecule has 1 N–H and O–H groups in total. The summed E-state index contributed by atoms with van der Waals surface area (Å²) in [6, 6.07) is 14.5. The van der Waals surface area contributed by atoms with Crippen LogP contribution in [-0.2, 0) is 6.42 Å². The number of nitro groups is 1. The van der Waals surface area contributed by atoms with Crippen LogP contribution in [0.2, 0.25) is 0 Å². The van der Waals surface area contributed by atoms with Gasteiger partial charge in [0.2, 0.25) is 0 Å². The monoisotopic (exact) mass is 383 g/mol. The number of nitrogens with zero attached hydrogens (tertiary/aromatic N) is 5. The summed E-state index contributed by atoms with van der Waals surface area (Å²) >= 11 is 0. The Morgan fingerprint density at radius 2 is 1.89 bits per heavy atom. The zero-order chi connectivity index (χ0) is 19.5. The Labute approximate surface area is 159 Å². The van der Waals surface area contributed by atoms with E-state index in [0.29, 0.717) is 41.7 Å². The highest BCUT2D eigenvalue weighted by Gasteiger charge is 2.25. The van der Waals surface area contributed by atoms with Gasteiger partial charge in [0.15, 0.2) is 11.5 Å². The Morgan fingerprint density at radius 3 is 2.64 bits per heavy atom. The summed E-state index contributed by atoms with van der Waals surface area (Å²) in [5.74, 6) is 0.504. The molecule has 2 aromatic carbocycles. The Bertz CT molecular complexity index is 1070. The summed E-state index contributed by atoms with van der Waals surface area (Å²) in [4.78, 5) is 16.5. The van der Waals surface area contributed by atoms with Gasteiger partial charge in [-0.15, -0.1) is 0 Å². The van der Waals surface area contributed by atoms with Gasteiger partial charge in [-0.05, 0) is 33.8 Å². The molecule has 0 amide bonds. The van der Waals surface area contributed by atoms with Gasteiger partial charge in [0.25, 0.3) is 5.49 Å². The molecule has 0 fully saturated rings. The standard InChI is InChI=1S/C18H17N5O5/c24-22-17(19-9-8-13-4-2-1-3-5-13)18(23(25)26)20-21(22)14-6-7-15-16(12-14)28-11-10-27-15/h1-7,12,24H,8-11H2. The molecule has 0 saturated carbocycles. The van der Waals surface area contributed by atoms with E-state index in [1.807, 2.05) is 30.3 Å². The third kappa shape index (κ3) is 3.39. The maximum Gasteiger partial charge on any atom is 0.438 e. The normalized spacial score (nSPS) is 13.5. The van der Waals surface area contributed by atoms with Gasteiger partial charge in [0.1, 0.15) is 18.9 Å². The summed E-state index contributed by atoms with van der Waals surface area (Å²) in [6.07, 6.45) is 0.577.